The van der Waals surface area contributed by atoms with Crippen molar-refractivity contribution in [3.8, 4) is 18.1 Å². The largest absolute Gasteiger partial charge is 0.514 e. The molecule has 0 spiro atoms. The zero-order valence-electron chi connectivity index (χ0n) is 13.9. The number of amides is 1. The summed E-state index contributed by atoms with van der Waals surface area (Å²) in [5.74, 6) is 2.29. The van der Waals surface area contributed by atoms with Gasteiger partial charge < -0.3 is 14.2 Å². The quantitative estimate of drug-likeness (QED) is 0.272. The maximum atomic E-state index is 11.6. The maximum Gasteiger partial charge on any atom is 0.514 e. The molecule has 0 aromatic heterocycles. The Hall–Kier alpha value is -4.06. The third-order valence-electron chi connectivity index (χ3n) is 3.09. The van der Waals surface area contributed by atoms with Crippen molar-refractivity contribution in [2.75, 3.05) is 11.9 Å². The van der Waals surface area contributed by atoms with Crippen LogP contribution < -0.4 is 10.1 Å². The summed E-state index contributed by atoms with van der Waals surface area (Å²) in [7, 11) is 0. The highest BCUT2D eigenvalue weighted by atomic mass is 16.7. The lowest BCUT2D eigenvalue weighted by Crippen LogP contribution is -2.13. The molecule has 9 heteroatoms. The van der Waals surface area contributed by atoms with Crippen molar-refractivity contribution in [2.24, 2.45) is 0 Å². The Kier molecular flexibility index (Phi) is 6.73. The molecule has 0 aliphatic carbocycles. The van der Waals surface area contributed by atoms with Gasteiger partial charge in [0.05, 0.1) is 4.92 Å². The Morgan fingerprint density at radius 1 is 1.07 bits per heavy atom. The molecule has 0 unspecified atom stereocenters. The van der Waals surface area contributed by atoms with E-state index in [1.54, 1.807) is 24.3 Å². The summed E-state index contributed by atoms with van der Waals surface area (Å²) in [5, 5.41) is 13.0. The Labute approximate surface area is 154 Å². The maximum absolute atomic E-state index is 11.6. The molecule has 0 heterocycles. The number of hydrogen-bond acceptors (Lipinski definition) is 7. The minimum Gasteiger partial charge on any atom is -0.436 e. The number of terminal acetylenes is 1. The summed E-state index contributed by atoms with van der Waals surface area (Å²) in [5.41, 5.74) is 1.01. The average Bonchev–Trinajstić information content (AvgIpc) is 2.66. The lowest BCUT2D eigenvalue weighted by atomic mass is 10.2. The first kappa shape index (κ1) is 19.3. The van der Waals surface area contributed by atoms with Crippen LogP contribution in [0.2, 0.25) is 0 Å². The van der Waals surface area contributed by atoms with Gasteiger partial charge in [-0.15, -0.1) is 6.42 Å². The molecular formula is C18H14N2O7. The topological polar surface area (TPSA) is 117 Å². The fourth-order valence-electron chi connectivity index (χ4n) is 1.85. The van der Waals surface area contributed by atoms with Gasteiger partial charge in [0.25, 0.3) is 5.69 Å². The predicted molar refractivity (Wildman–Crippen MR) is 94.2 cm³/mol. The van der Waals surface area contributed by atoms with Gasteiger partial charge in [-0.25, -0.2) is 9.59 Å². The van der Waals surface area contributed by atoms with Crippen LogP contribution in [0.3, 0.4) is 0 Å². The van der Waals surface area contributed by atoms with Crippen LogP contribution in [-0.4, -0.2) is 23.8 Å². The molecule has 138 valence electrons. The number of benzene rings is 2. The van der Waals surface area contributed by atoms with Crippen molar-refractivity contribution in [2.45, 2.75) is 6.61 Å². The number of ether oxygens (including phenoxy) is 3. The van der Waals surface area contributed by atoms with Crippen LogP contribution in [0.5, 0.6) is 5.75 Å². The SMILES string of the molecule is C#CCOC(=O)Nc1ccc(COC(=O)Oc2ccc([N+](=O)[O-])cc2)cc1. The summed E-state index contributed by atoms with van der Waals surface area (Å²) >= 11 is 0. The third-order valence-corrected chi connectivity index (χ3v) is 3.09. The number of nitro benzene ring substituents is 1. The van der Waals surface area contributed by atoms with Crippen LogP contribution in [0.4, 0.5) is 21.0 Å². The fourth-order valence-corrected chi connectivity index (χ4v) is 1.85. The van der Waals surface area contributed by atoms with E-state index in [2.05, 4.69) is 16.0 Å². The Morgan fingerprint density at radius 2 is 1.74 bits per heavy atom. The van der Waals surface area contributed by atoms with Gasteiger partial charge in [0.2, 0.25) is 0 Å². The monoisotopic (exact) mass is 370 g/mol. The van der Waals surface area contributed by atoms with Crippen molar-refractivity contribution in [3.63, 3.8) is 0 Å². The van der Waals surface area contributed by atoms with E-state index in [0.29, 0.717) is 11.3 Å². The number of non-ortho nitro benzene ring substituents is 1. The van der Waals surface area contributed by atoms with Gasteiger partial charge in [0, 0.05) is 17.8 Å². The molecule has 0 saturated heterocycles. The summed E-state index contributed by atoms with van der Waals surface area (Å²) in [4.78, 5) is 33.0. The van der Waals surface area contributed by atoms with E-state index in [1.807, 2.05) is 0 Å². The number of anilines is 1. The summed E-state index contributed by atoms with van der Waals surface area (Å²) in [6, 6.07) is 11.5. The second-order valence-corrected chi connectivity index (χ2v) is 4.99. The number of rotatable bonds is 6. The van der Waals surface area contributed by atoms with E-state index in [-0.39, 0.29) is 24.7 Å². The predicted octanol–water partition coefficient (Wildman–Crippen LogP) is 3.49. The van der Waals surface area contributed by atoms with Gasteiger partial charge in [-0.2, -0.15) is 0 Å². The van der Waals surface area contributed by atoms with Crippen LogP contribution >= 0.6 is 0 Å². The van der Waals surface area contributed by atoms with Crippen LogP contribution in [0.15, 0.2) is 48.5 Å². The summed E-state index contributed by atoms with van der Waals surface area (Å²) in [6.45, 7) is -0.192. The van der Waals surface area contributed by atoms with Gasteiger partial charge in [-0.1, -0.05) is 18.1 Å². The van der Waals surface area contributed by atoms with E-state index in [0.717, 1.165) is 0 Å². The number of nitrogens with zero attached hydrogens (tertiary/aromatic N) is 1. The third kappa shape index (κ3) is 6.39. The first-order valence-electron chi connectivity index (χ1n) is 7.53. The van der Waals surface area contributed by atoms with Gasteiger partial charge in [-0.05, 0) is 29.8 Å². The molecule has 2 aromatic rings. The highest BCUT2D eigenvalue weighted by molar-refractivity contribution is 5.84. The second kappa shape index (κ2) is 9.43. The molecule has 0 atom stereocenters. The fraction of sp³-hybridized carbons (Fsp3) is 0.111. The van der Waals surface area contributed by atoms with E-state index < -0.39 is 17.2 Å². The molecule has 0 aliphatic rings. The number of carbonyl (C=O) groups is 2. The van der Waals surface area contributed by atoms with Crippen LogP contribution in [0, 0.1) is 22.5 Å². The molecule has 1 amide bonds. The molecule has 0 radical (unpaired) electrons. The first-order valence-corrected chi connectivity index (χ1v) is 7.53. The van der Waals surface area contributed by atoms with E-state index in [4.69, 9.17) is 15.9 Å². The zero-order chi connectivity index (χ0) is 19.6. The minimum absolute atomic E-state index is 0.0619. The highest BCUT2D eigenvalue weighted by Crippen LogP contribution is 2.18. The minimum atomic E-state index is -0.955. The molecule has 2 rings (SSSR count). The normalized spacial score (nSPS) is 9.59. The van der Waals surface area contributed by atoms with Crippen LogP contribution in [-0.2, 0) is 16.1 Å². The number of nitro groups is 1. The molecule has 0 bridgehead atoms. The molecule has 0 fully saturated rings. The first-order chi connectivity index (χ1) is 13.0. The molecule has 0 aliphatic heterocycles. The van der Waals surface area contributed by atoms with Crippen molar-refractivity contribution in [3.05, 3.63) is 64.2 Å². The van der Waals surface area contributed by atoms with Gasteiger partial charge in [0.1, 0.15) is 12.4 Å². The average molecular weight is 370 g/mol. The second-order valence-electron chi connectivity index (χ2n) is 4.99. The van der Waals surface area contributed by atoms with E-state index in [9.17, 15) is 19.7 Å². The van der Waals surface area contributed by atoms with Crippen molar-refractivity contribution >= 4 is 23.6 Å². The number of carbonyl (C=O) groups excluding carboxylic acids is 2. The number of nitrogens with one attached hydrogen (secondary N) is 1. The highest BCUT2D eigenvalue weighted by Gasteiger charge is 2.10. The van der Waals surface area contributed by atoms with Gasteiger partial charge >= 0.3 is 12.2 Å². The standard InChI is InChI=1S/C18H14N2O7/c1-2-11-25-17(21)19-14-5-3-13(4-6-14)12-26-18(22)27-16-9-7-15(8-10-16)20(23)24/h1,3-10H,11-12H2,(H,19,21). The lowest BCUT2D eigenvalue weighted by Gasteiger charge is -2.07. The van der Waals surface area contributed by atoms with Gasteiger partial charge in [0.15, 0.2) is 6.61 Å². The zero-order valence-corrected chi connectivity index (χ0v) is 13.9. The Bertz CT molecular complexity index is 855. The van der Waals surface area contributed by atoms with E-state index >= 15 is 0 Å². The van der Waals surface area contributed by atoms with E-state index in [1.165, 1.54) is 24.3 Å². The molecule has 0 saturated carbocycles. The Morgan fingerprint density at radius 3 is 2.33 bits per heavy atom. The van der Waals surface area contributed by atoms with Crippen molar-refractivity contribution in [1.82, 2.24) is 0 Å². The van der Waals surface area contributed by atoms with Crippen molar-refractivity contribution in [1.29, 1.82) is 0 Å². The van der Waals surface area contributed by atoms with Crippen LogP contribution in [0.1, 0.15) is 5.56 Å². The molecule has 2 aromatic carbocycles. The molecular weight excluding hydrogens is 356 g/mol. The van der Waals surface area contributed by atoms with Gasteiger partial charge in [-0.3, -0.25) is 15.4 Å². The molecule has 1 N–H and O–H groups in total. The summed E-state index contributed by atoms with van der Waals surface area (Å²) < 4.78 is 14.5. The molecule has 27 heavy (non-hydrogen) atoms. The Balaban J connectivity index is 1.80. The summed E-state index contributed by atoms with van der Waals surface area (Å²) in [6.07, 6.45) is 3.35. The smallest absolute Gasteiger partial charge is 0.436 e. The lowest BCUT2D eigenvalue weighted by molar-refractivity contribution is -0.384. The van der Waals surface area contributed by atoms with Crippen LogP contribution in [0.25, 0.3) is 0 Å². The number of hydrogen-bond donors (Lipinski definition) is 1. The van der Waals surface area contributed by atoms with Crippen molar-refractivity contribution < 1.29 is 28.7 Å². The molecule has 9 nitrogen and oxygen atoms in total.